The SMILES string of the molecule is CCCCCCCCCCCC(=O)C1([SiH2]C)CCCCO1. The highest BCUT2D eigenvalue weighted by Crippen LogP contribution is 2.27. The molecule has 1 fully saturated rings. The van der Waals surface area contributed by atoms with E-state index >= 15 is 0 Å². The Morgan fingerprint density at radius 3 is 2.14 bits per heavy atom. The van der Waals surface area contributed by atoms with E-state index in [9.17, 15) is 4.79 Å². The molecule has 0 aromatic carbocycles. The Bertz CT molecular complexity index is 272. The van der Waals surface area contributed by atoms with Gasteiger partial charge < -0.3 is 4.74 Å². The molecule has 0 amide bonds. The zero-order chi connectivity index (χ0) is 15.4. The van der Waals surface area contributed by atoms with Crippen LogP contribution in [0.5, 0.6) is 0 Å². The Labute approximate surface area is 134 Å². The standard InChI is InChI=1S/C18H36O2Si/c1-3-4-5-6-7-8-9-10-11-14-17(19)18(21-2)15-12-13-16-20-18/h3-16,21H2,1-2H3. The highest BCUT2D eigenvalue weighted by Gasteiger charge is 2.37. The summed E-state index contributed by atoms with van der Waals surface area (Å²) in [6.45, 7) is 5.31. The molecule has 0 aliphatic carbocycles. The van der Waals surface area contributed by atoms with Gasteiger partial charge in [0.15, 0.2) is 5.78 Å². The molecule has 21 heavy (non-hydrogen) atoms. The third-order valence-corrected chi connectivity index (χ3v) is 7.03. The maximum absolute atomic E-state index is 12.5. The molecule has 0 saturated carbocycles. The first kappa shape index (κ1) is 18.9. The van der Waals surface area contributed by atoms with Crippen LogP contribution in [0.2, 0.25) is 6.55 Å². The monoisotopic (exact) mass is 312 g/mol. The normalized spacial score (nSPS) is 23.0. The van der Waals surface area contributed by atoms with Gasteiger partial charge in [-0.1, -0.05) is 64.8 Å². The van der Waals surface area contributed by atoms with Crippen molar-refractivity contribution in [2.45, 2.75) is 102 Å². The summed E-state index contributed by atoms with van der Waals surface area (Å²) < 4.78 is 5.92. The molecule has 1 rings (SSSR count). The average Bonchev–Trinajstić information content (AvgIpc) is 2.53. The van der Waals surface area contributed by atoms with Crippen molar-refractivity contribution in [3.8, 4) is 0 Å². The fraction of sp³-hybridized carbons (Fsp3) is 0.944. The largest absolute Gasteiger partial charge is 0.372 e. The quantitative estimate of drug-likeness (QED) is 0.389. The predicted molar refractivity (Wildman–Crippen MR) is 93.8 cm³/mol. The van der Waals surface area contributed by atoms with Crippen LogP contribution < -0.4 is 0 Å². The Kier molecular flexibility index (Phi) is 10.3. The summed E-state index contributed by atoms with van der Waals surface area (Å²) in [6.07, 6.45) is 15.9. The molecule has 0 aromatic rings. The van der Waals surface area contributed by atoms with Crippen LogP contribution in [0.4, 0.5) is 0 Å². The summed E-state index contributed by atoms with van der Waals surface area (Å²) in [5.41, 5.74) is 0. The first-order valence-electron chi connectivity index (χ1n) is 9.42. The van der Waals surface area contributed by atoms with Crippen molar-refractivity contribution in [2.75, 3.05) is 6.61 Å². The molecule has 0 N–H and O–H groups in total. The van der Waals surface area contributed by atoms with Gasteiger partial charge in [0.1, 0.15) is 5.22 Å². The van der Waals surface area contributed by atoms with Crippen LogP contribution in [0.15, 0.2) is 0 Å². The third kappa shape index (κ3) is 7.10. The van der Waals surface area contributed by atoms with Crippen molar-refractivity contribution in [3.05, 3.63) is 0 Å². The van der Waals surface area contributed by atoms with Crippen LogP contribution in [0.25, 0.3) is 0 Å². The van der Waals surface area contributed by atoms with Gasteiger partial charge in [0.2, 0.25) is 0 Å². The van der Waals surface area contributed by atoms with Crippen molar-refractivity contribution in [1.29, 1.82) is 0 Å². The molecule has 1 saturated heterocycles. The summed E-state index contributed by atoms with van der Waals surface area (Å²) in [4.78, 5) is 12.5. The van der Waals surface area contributed by atoms with E-state index in [2.05, 4.69) is 13.5 Å². The lowest BCUT2D eigenvalue weighted by Gasteiger charge is -2.35. The molecular weight excluding hydrogens is 276 g/mol. The summed E-state index contributed by atoms with van der Waals surface area (Å²) in [5.74, 6) is 0.430. The highest BCUT2D eigenvalue weighted by molar-refractivity contribution is 6.45. The minimum absolute atomic E-state index is 0.279. The van der Waals surface area contributed by atoms with E-state index < -0.39 is 9.52 Å². The number of carbonyl (C=O) groups is 1. The number of rotatable bonds is 12. The Morgan fingerprint density at radius 2 is 1.62 bits per heavy atom. The molecule has 3 heteroatoms. The molecule has 0 spiro atoms. The predicted octanol–water partition coefficient (Wildman–Crippen LogP) is 4.59. The van der Waals surface area contributed by atoms with E-state index in [1.807, 2.05) is 0 Å². The summed E-state index contributed by atoms with van der Waals surface area (Å²) in [5, 5.41) is -0.279. The van der Waals surface area contributed by atoms with Gasteiger partial charge in [0.05, 0.1) is 9.52 Å². The zero-order valence-corrected chi connectivity index (χ0v) is 15.8. The van der Waals surface area contributed by atoms with Gasteiger partial charge in [-0.05, 0) is 25.7 Å². The van der Waals surface area contributed by atoms with Gasteiger partial charge in [-0.15, -0.1) is 0 Å². The number of hydrogen-bond acceptors (Lipinski definition) is 2. The van der Waals surface area contributed by atoms with Crippen LogP contribution in [0.3, 0.4) is 0 Å². The Balaban J connectivity index is 2.05. The van der Waals surface area contributed by atoms with Crippen LogP contribution in [0, 0.1) is 0 Å². The van der Waals surface area contributed by atoms with Gasteiger partial charge in [0.25, 0.3) is 0 Å². The van der Waals surface area contributed by atoms with E-state index in [0.29, 0.717) is 5.78 Å². The van der Waals surface area contributed by atoms with Crippen LogP contribution in [0.1, 0.15) is 90.4 Å². The van der Waals surface area contributed by atoms with Crippen molar-refractivity contribution < 1.29 is 9.53 Å². The first-order valence-corrected chi connectivity index (χ1v) is 11.5. The molecule has 1 aliphatic heterocycles. The number of hydrogen-bond donors (Lipinski definition) is 0. The molecule has 2 nitrogen and oxygen atoms in total. The molecular formula is C18H36O2Si. The van der Waals surface area contributed by atoms with Crippen molar-refractivity contribution in [1.82, 2.24) is 0 Å². The van der Waals surface area contributed by atoms with Crippen LogP contribution in [-0.2, 0) is 9.53 Å². The number of Topliss-reactive ketones (excluding diaryl/α,β-unsaturated/α-hetero) is 1. The first-order chi connectivity index (χ1) is 10.2. The fourth-order valence-corrected chi connectivity index (χ4v) is 4.90. The third-order valence-electron chi connectivity index (χ3n) is 4.94. The molecule has 0 radical (unpaired) electrons. The number of unbranched alkanes of at least 4 members (excludes halogenated alkanes) is 8. The van der Waals surface area contributed by atoms with Crippen LogP contribution in [-0.4, -0.2) is 27.1 Å². The Morgan fingerprint density at radius 1 is 1.00 bits per heavy atom. The molecule has 1 unspecified atom stereocenters. The maximum Gasteiger partial charge on any atom is 0.160 e. The van der Waals surface area contributed by atoms with Crippen molar-refractivity contribution in [2.24, 2.45) is 0 Å². The summed E-state index contributed by atoms with van der Waals surface area (Å²) >= 11 is 0. The lowest BCUT2D eigenvalue weighted by Crippen LogP contribution is -2.48. The van der Waals surface area contributed by atoms with E-state index in [1.54, 1.807) is 0 Å². The van der Waals surface area contributed by atoms with Gasteiger partial charge in [0, 0.05) is 13.0 Å². The summed E-state index contributed by atoms with van der Waals surface area (Å²) in [6, 6.07) is 0. The zero-order valence-electron chi connectivity index (χ0n) is 14.4. The molecule has 1 heterocycles. The average molecular weight is 313 g/mol. The van der Waals surface area contributed by atoms with E-state index in [1.165, 1.54) is 57.8 Å². The molecule has 1 aliphatic rings. The smallest absolute Gasteiger partial charge is 0.160 e. The number of carbonyl (C=O) groups excluding carboxylic acids is 1. The van der Waals surface area contributed by atoms with Gasteiger partial charge in [-0.3, -0.25) is 4.79 Å². The second-order valence-corrected chi connectivity index (χ2v) is 8.50. The van der Waals surface area contributed by atoms with Gasteiger partial charge in [-0.25, -0.2) is 0 Å². The van der Waals surface area contributed by atoms with E-state index in [4.69, 9.17) is 4.74 Å². The second-order valence-electron chi connectivity index (χ2n) is 6.66. The molecule has 124 valence electrons. The highest BCUT2D eigenvalue weighted by atomic mass is 28.2. The summed E-state index contributed by atoms with van der Waals surface area (Å²) in [7, 11) is -0.414. The van der Waals surface area contributed by atoms with Crippen LogP contribution >= 0.6 is 0 Å². The lowest BCUT2D eigenvalue weighted by molar-refractivity contribution is -0.138. The van der Waals surface area contributed by atoms with Gasteiger partial charge >= 0.3 is 0 Å². The molecule has 0 aromatic heterocycles. The fourth-order valence-electron chi connectivity index (χ4n) is 3.37. The maximum atomic E-state index is 12.5. The van der Waals surface area contributed by atoms with Crippen molar-refractivity contribution in [3.63, 3.8) is 0 Å². The topological polar surface area (TPSA) is 26.3 Å². The lowest BCUT2D eigenvalue weighted by atomic mass is 9.99. The van der Waals surface area contributed by atoms with E-state index in [0.717, 1.165) is 32.3 Å². The molecule has 0 bridgehead atoms. The number of ketones is 1. The minimum Gasteiger partial charge on any atom is -0.372 e. The van der Waals surface area contributed by atoms with Gasteiger partial charge in [-0.2, -0.15) is 0 Å². The number of ether oxygens (including phenoxy) is 1. The van der Waals surface area contributed by atoms with E-state index in [-0.39, 0.29) is 5.22 Å². The minimum atomic E-state index is -0.414. The second kappa shape index (κ2) is 11.4. The molecule has 1 atom stereocenters. The Hall–Kier alpha value is -0.153. The van der Waals surface area contributed by atoms with Crippen molar-refractivity contribution >= 4 is 15.3 Å².